The van der Waals surface area contributed by atoms with Crippen LogP contribution >= 0.6 is 0 Å². The molecular formula is C13H22O2. The number of rotatable bonds is 2. The zero-order chi connectivity index (χ0) is 10.7. The van der Waals surface area contributed by atoms with E-state index in [0.717, 1.165) is 32.5 Å². The summed E-state index contributed by atoms with van der Waals surface area (Å²) in [5.74, 6) is 1.66. The SMILES string of the molecule is CC1COCCC1C(=O)C1CCCCC1. The Labute approximate surface area is 92.4 Å². The molecule has 86 valence electrons. The molecule has 0 aromatic heterocycles. The van der Waals surface area contributed by atoms with Gasteiger partial charge in [-0.25, -0.2) is 0 Å². The van der Waals surface area contributed by atoms with Crippen molar-refractivity contribution in [2.75, 3.05) is 13.2 Å². The standard InChI is InChI=1S/C13H22O2/c1-10-9-15-8-7-12(10)13(14)11-5-3-2-4-6-11/h10-12H,2-9H2,1H3. The molecule has 0 bridgehead atoms. The Bertz CT molecular complexity index is 219. The van der Waals surface area contributed by atoms with Gasteiger partial charge in [0.05, 0.1) is 0 Å². The van der Waals surface area contributed by atoms with Crippen LogP contribution in [0.5, 0.6) is 0 Å². The highest BCUT2D eigenvalue weighted by molar-refractivity contribution is 5.83. The molecule has 1 heterocycles. The summed E-state index contributed by atoms with van der Waals surface area (Å²) in [6.07, 6.45) is 7.08. The van der Waals surface area contributed by atoms with E-state index >= 15 is 0 Å². The molecular weight excluding hydrogens is 188 g/mol. The normalized spacial score (nSPS) is 33.9. The average Bonchev–Trinajstić information content (AvgIpc) is 2.30. The van der Waals surface area contributed by atoms with Gasteiger partial charge in [-0.2, -0.15) is 0 Å². The van der Waals surface area contributed by atoms with E-state index in [1.165, 1.54) is 19.3 Å². The molecule has 1 saturated carbocycles. The summed E-state index contributed by atoms with van der Waals surface area (Å²) in [6.45, 7) is 3.72. The summed E-state index contributed by atoms with van der Waals surface area (Å²) in [6, 6.07) is 0. The first-order valence-corrected chi connectivity index (χ1v) is 6.40. The summed E-state index contributed by atoms with van der Waals surface area (Å²) in [4.78, 5) is 12.3. The molecule has 2 fully saturated rings. The van der Waals surface area contributed by atoms with Crippen LogP contribution in [-0.2, 0) is 9.53 Å². The van der Waals surface area contributed by atoms with Gasteiger partial charge >= 0.3 is 0 Å². The zero-order valence-electron chi connectivity index (χ0n) is 9.71. The first-order valence-electron chi connectivity index (χ1n) is 6.40. The van der Waals surface area contributed by atoms with Crippen molar-refractivity contribution in [2.45, 2.75) is 45.4 Å². The van der Waals surface area contributed by atoms with Gasteiger partial charge in [0.2, 0.25) is 0 Å². The summed E-state index contributed by atoms with van der Waals surface area (Å²) in [5, 5.41) is 0. The lowest BCUT2D eigenvalue weighted by Gasteiger charge is -2.31. The van der Waals surface area contributed by atoms with Crippen LogP contribution in [0.2, 0.25) is 0 Å². The van der Waals surface area contributed by atoms with Crippen molar-refractivity contribution >= 4 is 5.78 Å². The predicted octanol–water partition coefficient (Wildman–Crippen LogP) is 2.81. The maximum Gasteiger partial charge on any atom is 0.139 e. The highest BCUT2D eigenvalue weighted by Gasteiger charge is 2.33. The number of hydrogen-bond donors (Lipinski definition) is 0. The molecule has 2 unspecified atom stereocenters. The largest absolute Gasteiger partial charge is 0.381 e. The zero-order valence-corrected chi connectivity index (χ0v) is 9.71. The third-order valence-electron chi connectivity index (χ3n) is 4.01. The third kappa shape index (κ3) is 2.60. The van der Waals surface area contributed by atoms with Crippen molar-refractivity contribution in [1.29, 1.82) is 0 Å². The fourth-order valence-electron chi connectivity index (χ4n) is 2.99. The Kier molecular flexibility index (Phi) is 3.79. The smallest absolute Gasteiger partial charge is 0.139 e. The maximum atomic E-state index is 12.3. The molecule has 2 nitrogen and oxygen atoms in total. The summed E-state index contributed by atoms with van der Waals surface area (Å²) in [5.41, 5.74) is 0. The number of hydrogen-bond acceptors (Lipinski definition) is 2. The van der Waals surface area contributed by atoms with E-state index in [1.807, 2.05) is 0 Å². The van der Waals surface area contributed by atoms with Crippen LogP contribution in [0.4, 0.5) is 0 Å². The van der Waals surface area contributed by atoms with E-state index in [2.05, 4.69) is 6.92 Å². The van der Waals surface area contributed by atoms with Gasteiger partial charge in [0.1, 0.15) is 5.78 Å². The monoisotopic (exact) mass is 210 g/mol. The van der Waals surface area contributed by atoms with E-state index in [9.17, 15) is 4.79 Å². The van der Waals surface area contributed by atoms with Gasteiger partial charge in [-0.05, 0) is 25.2 Å². The van der Waals surface area contributed by atoms with Crippen molar-refractivity contribution in [3.05, 3.63) is 0 Å². The maximum absolute atomic E-state index is 12.3. The minimum Gasteiger partial charge on any atom is -0.381 e. The molecule has 0 radical (unpaired) electrons. The van der Waals surface area contributed by atoms with Gasteiger partial charge in [-0.15, -0.1) is 0 Å². The van der Waals surface area contributed by atoms with Crippen molar-refractivity contribution < 1.29 is 9.53 Å². The Morgan fingerprint density at radius 1 is 1.13 bits per heavy atom. The van der Waals surface area contributed by atoms with E-state index < -0.39 is 0 Å². The molecule has 1 saturated heterocycles. The van der Waals surface area contributed by atoms with E-state index in [4.69, 9.17) is 4.74 Å². The highest BCUT2D eigenvalue weighted by atomic mass is 16.5. The lowest BCUT2D eigenvalue weighted by molar-refractivity contribution is -0.133. The Hall–Kier alpha value is -0.370. The lowest BCUT2D eigenvalue weighted by atomic mass is 9.76. The summed E-state index contributed by atoms with van der Waals surface area (Å²) < 4.78 is 5.40. The fourth-order valence-corrected chi connectivity index (χ4v) is 2.99. The van der Waals surface area contributed by atoms with Crippen LogP contribution in [0.15, 0.2) is 0 Å². The molecule has 2 heteroatoms. The van der Waals surface area contributed by atoms with Crippen LogP contribution in [0.25, 0.3) is 0 Å². The summed E-state index contributed by atoms with van der Waals surface area (Å²) >= 11 is 0. The van der Waals surface area contributed by atoms with Crippen molar-refractivity contribution in [2.24, 2.45) is 17.8 Å². The topological polar surface area (TPSA) is 26.3 Å². The van der Waals surface area contributed by atoms with Gasteiger partial charge in [-0.1, -0.05) is 26.2 Å². The molecule has 2 rings (SSSR count). The minimum atomic E-state index is 0.293. The number of ether oxygens (including phenoxy) is 1. The second-order valence-corrected chi connectivity index (χ2v) is 5.18. The highest BCUT2D eigenvalue weighted by Crippen LogP contribution is 2.31. The molecule has 1 aliphatic heterocycles. The van der Waals surface area contributed by atoms with Crippen molar-refractivity contribution in [1.82, 2.24) is 0 Å². The second-order valence-electron chi connectivity index (χ2n) is 5.18. The molecule has 2 atom stereocenters. The van der Waals surface area contributed by atoms with E-state index in [1.54, 1.807) is 0 Å². The van der Waals surface area contributed by atoms with Crippen LogP contribution in [0.1, 0.15) is 45.4 Å². The molecule has 0 N–H and O–H groups in total. The quantitative estimate of drug-likeness (QED) is 0.700. The minimum absolute atomic E-state index is 0.293. The fraction of sp³-hybridized carbons (Fsp3) is 0.923. The van der Waals surface area contributed by atoms with Crippen molar-refractivity contribution in [3.8, 4) is 0 Å². The number of Topliss-reactive ketones (excluding diaryl/α,β-unsaturated/α-hetero) is 1. The Balaban J connectivity index is 1.92. The molecule has 1 aliphatic carbocycles. The molecule has 0 aromatic rings. The third-order valence-corrected chi connectivity index (χ3v) is 4.01. The van der Waals surface area contributed by atoms with Crippen LogP contribution < -0.4 is 0 Å². The number of carbonyl (C=O) groups excluding carboxylic acids is 1. The van der Waals surface area contributed by atoms with Crippen LogP contribution in [0.3, 0.4) is 0 Å². The first kappa shape index (κ1) is 11.1. The number of carbonyl (C=O) groups is 1. The molecule has 0 aromatic carbocycles. The van der Waals surface area contributed by atoms with Gasteiger partial charge in [-0.3, -0.25) is 4.79 Å². The number of ketones is 1. The van der Waals surface area contributed by atoms with Crippen molar-refractivity contribution in [3.63, 3.8) is 0 Å². The Morgan fingerprint density at radius 3 is 2.53 bits per heavy atom. The van der Waals surface area contributed by atoms with Crippen LogP contribution in [-0.4, -0.2) is 19.0 Å². The van der Waals surface area contributed by atoms with Gasteiger partial charge in [0.25, 0.3) is 0 Å². The van der Waals surface area contributed by atoms with Crippen LogP contribution in [0, 0.1) is 17.8 Å². The van der Waals surface area contributed by atoms with Gasteiger partial charge < -0.3 is 4.74 Å². The van der Waals surface area contributed by atoms with Gasteiger partial charge in [0, 0.05) is 25.0 Å². The molecule has 2 aliphatic rings. The Morgan fingerprint density at radius 2 is 1.87 bits per heavy atom. The summed E-state index contributed by atoms with van der Waals surface area (Å²) in [7, 11) is 0. The predicted molar refractivity (Wildman–Crippen MR) is 59.7 cm³/mol. The lowest BCUT2D eigenvalue weighted by Crippen LogP contribution is -2.35. The molecule has 15 heavy (non-hydrogen) atoms. The molecule has 0 spiro atoms. The second kappa shape index (κ2) is 5.11. The molecule has 0 amide bonds. The van der Waals surface area contributed by atoms with E-state index in [0.29, 0.717) is 23.5 Å². The average molecular weight is 210 g/mol. The van der Waals surface area contributed by atoms with E-state index in [-0.39, 0.29) is 0 Å². The van der Waals surface area contributed by atoms with Gasteiger partial charge in [0.15, 0.2) is 0 Å². The first-order chi connectivity index (χ1) is 7.29.